The molecule has 0 amide bonds. The van der Waals surface area contributed by atoms with Gasteiger partial charge in [-0.2, -0.15) is 0 Å². The Morgan fingerprint density at radius 3 is 2.27 bits per heavy atom. The summed E-state index contributed by atoms with van der Waals surface area (Å²) < 4.78 is 4.88. The zero-order valence-electron chi connectivity index (χ0n) is 35.8. The van der Waals surface area contributed by atoms with E-state index in [-0.39, 0.29) is 17.9 Å². The van der Waals surface area contributed by atoms with Gasteiger partial charge in [-0.15, -0.1) is 6.58 Å². The third kappa shape index (κ3) is 6.41. The number of aromatic nitrogens is 2. The van der Waals surface area contributed by atoms with Gasteiger partial charge >= 0.3 is 0 Å². The Kier molecular flexibility index (Phi) is 9.69. The molecule has 3 heterocycles. The molecule has 8 aromatic rings. The van der Waals surface area contributed by atoms with Gasteiger partial charge in [-0.25, -0.2) is 0 Å². The number of para-hydroxylation sites is 4. The van der Waals surface area contributed by atoms with E-state index >= 15 is 0 Å². The Labute approximate surface area is 370 Å². The molecule has 11 rings (SSSR count). The lowest BCUT2D eigenvalue weighted by Gasteiger charge is -2.36. The predicted molar refractivity (Wildman–Crippen MR) is 268 cm³/mol. The SMILES string of the molecule is C=CCCC1=Cc2ccccc2C(CC(=C)N(C=CC=C(C=C)C2C=Cc3c(c4cccc5c6ccccc6n3c45)C2)C2C=Cc3c(c4ccccc4n3-c3ccccc3)C2)C1=C. The molecule has 3 aromatic heterocycles. The van der Waals surface area contributed by atoms with Crippen LogP contribution in [-0.4, -0.2) is 19.9 Å². The lowest BCUT2D eigenvalue weighted by molar-refractivity contribution is 0.373. The highest BCUT2D eigenvalue weighted by Crippen LogP contribution is 2.45. The number of allylic oxidation sites excluding steroid dienone is 9. The summed E-state index contributed by atoms with van der Waals surface area (Å²) in [4.78, 5) is 2.43. The molecule has 0 saturated heterocycles. The van der Waals surface area contributed by atoms with Gasteiger partial charge in [0.25, 0.3) is 0 Å². The molecule has 3 heteroatoms. The molecule has 0 radical (unpaired) electrons. The van der Waals surface area contributed by atoms with Crippen LogP contribution >= 0.6 is 0 Å². The van der Waals surface area contributed by atoms with Crippen molar-refractivity contribution in [2.24, 2.45) is 5.92 Å². The highest BCUT2D eigenvalue weighted by atomic mass is 15.2. The molecule has 0 spiro atoms. The summed E-state index contributed by atoms with van der Waals surface area (Å²) in [6.07, 6.45) is 27.0. The lowest BCUT2D eigenvalue weighted by atomic mass is 9.76. The minimum absolute atomic E-state index is 0.0608. The second-order valence-electron chi connectivity index (χ2n) is 17.4. The molecule has 63 heavy (non-hydrogen) atoms. The lowest BCUT2D eigenvalue weighted by Crippen LogP contribution is -2.32. The molecule has 0 bridgehead atoms. The smallest absolute Gasteiger partial charge is 0.0617 e. The van der Waals surface area contributed by atoms with Crippen LogP contribution in [0.3, 0.4) is 0 Å². The third-order valence-corrected chi connectivity index (χ3v) is 13.9. The summed E-state index contributed by atoms with van der Waals surface area (Å²) in [5, 5.41) is 5.27. The first-order chi connectivity index (χ1) is 31.0. The fourth-order valence-corrected chi connectivity index (χ4v) is 10.9. The van der Waals surface area contributed by atoms with Crippen LogP contribution in [0.1, 0.15) is 58.8 Å². The fourth-order valence-electron chi connectivity index (χ4n) is 10.9. The number of hydrogen-bond donors (Lipinski definition) is 0. The quantitative estimate of drug-likeness (QED) is 0.0884. The van der Waals surface area contributed by atoms with Crippen molar-refractivity contribution in [3.8, 4) is 5.69 Å². The number of nitrogens with zero attached hydrogens (tertiary/aromatic N) is 3. The van der Waals surface area contributed by atoms with Crippen molar-refractivity contribution in [2.75, 3.05) is 0 Å². The number of hydrogen-bond acceptors (Lipinski definition) is 1. The van der Waals surface area contributed by atoms with Crippen molar-refractivity contribution < 1.29 is 0 Å². The van der Waals surface area contributed by atoms with Crippen molar-refractivity contribution >= 4 is 56.3 Å². The minimum Gasteiger partial charge on any atom is -0.345 e. The maximum absolute atomic E-state index is 4.89. The topological polar surface area (TPSA) is 12.6 Å². The average molecular weight is 814 g/mol. The van der Waals surface area contributed by atoms with Crippen LogP contribution in [0, 0.1) is 5.92 Å². The van der Waals surface area contributed by atoms with Gasteiger partial charge in [0.15, 0.2) is 0 Å². The molecular formula is C60H51N3. The molecule has 0 saturated carbocycles. The van der Waals surface area contributed by atoms with E-state index in [1.807, 2.05) is 12.2 Å². The normalized spacial score (nSPS) is 18.3. The molecule has 3 aliphatic rings. The van der Waals surface area contributed by atoms with Gasteiger partial charge in [-0.3, -0.25) is 0 Å². The second kappa shape index (κ2) is 15.8. The van der Waals surface area contributed by atoms with E-state index < -0.39 is 0 Å². The molecule has 5 aromatic carbocycles. The summed E-state index contributed by atoms with van der Waals surface area (Å²) in [5.74, 6) is 0.331. The molecule has 3 atom stereocenters. The van der Waals surface area contributed by atoms with E-state index in [0.717, 1.165) is 37.8 Å². The van der Waals surface area contributed by atoms with Gasteiger partial charge in [0.1, 0.15) is 0 Å². The number of rotatable bonds is 12. The van der Waals surface area contributed by atoms with Crippen LogP contribution in [0.25, 0.3) is 62.0 Å². The Morgan fingerprint density at radius 2 is 1.43 bits per heavy atom. The Hall–Kier alpha value is -7.36. The molecule has 3 unspecified atom stereocenters. The van der Waals surface area contributed by atoms with Crippen LogP contribution in [0.5, 0.6) is 0 Å². The van der Waals surface area contributed by atoms with E-state index in [9.17, 15) is 0 Å². The van der Waals surface area contributed by atoms with Crippen LogP contribution in [0.2, 0.25) is 0 Å². The maximum atomic E-state index is 4.89. The summed E-state index contributed by atoms with van der Waals surface area (Å²) in [5.41, 5.74) is 17.7. The van der Waals surface area contributed by atoms with Crippen LogP contribution in [0.15, 0.2) is 213 Å². The zero-order chi connectivity index (χ0) is 42.6. The van der Waals surface area contributed by atoms with Gasteiger partial charge in [0, 0.05) is 62.4 Å². The van der Waals surface area contributed by atoms with Crippen molar-refractivity contribution in [1.82, 2.24) is 13.9 Å². The molecule has 0 fully saturated rings. The second-order valence-corrected chi connectivity index (χ2v) is 17.4. The van der Waals surface area contributed by atoms with Gasteiger partial charge < -0.3 is 13.9 Å². The summed E-state index contributed by atoms with van der Waals surface area (Å²) in [6, 6.07) is 44.0. The van der Waals surface area contributed by atoms with Gasteiger partial charge in [0.2, 0.25) is 0 Å². The molecule has 3 aliphatic carbocycles. The maximum Gasteiger partial charge on any atom is 0.0617 e. The number of benzene rings is 5. The first kappa shape index (κ1) is 38.6. The zero-order valence-corrected chi connectivity index (χ0v) is 35.8. The fraction of sp³-hybridized carbons (Fsp3) is 0.133. The summed E-state index contributed by atoms with van der Waals surface area (Å²) in [6.45, 7) is 18.0. The first-order valence-corrected chi connectivity index (χ1v) is 22.4. The minimum atomic E-state index is 0.0608. The van der Waals surface area contributed by atoms with Gasteiger partial charge in [0.05, 0.1) is 22.6 Å². The largest absolute Gasteiger partial charge is 0.345 e. The summed E-state index contributed by atoms with van der Waals surface area (Å²) in [7, 11) is 0. The van der Waals surface area contributed by atoms with Gasteiger partial charge in [-0.05, 0) is 114 Å². The molecule has 306 valence electrons. The van der Waals surface area contributed by atoms with E-state index in [2.05, 4.69) is 197 Å². The Morgan fingerprint density at radius 1 is 0.714 bits per heavy atom. The van der Waals surface area contributed by atoms with E-state index in [1.165, 1.54) is 94.1 Å². The van der Waals surface area contributed by atoms with Crippen molar-refractivity contribution in [2.45, 2.75) is 44.1 Å². The molecule has 0 aliphatic heterocycles. The van der Waals surface area contributed by atoms with E-state index in [1.54, 1.807) is 0 Å². The van der Waals surface area contributed by atoms with Crippen LogP contribution < -0.4 is 0 Å². The monoisotopic (exact) mass is 813 g/mol. The molecule has 3 nitrogen and oxygen atoms in total. The Bertz CT molecular complexity index is 3300. The molecule has 0 N–H and O–H groups in total. The van der Waals surface area contributed by atoms with E-state index in [0.29, 0.717) is 0 Å². The molecular weight excluding hydrogens is 763 g/mol. The van der Waals surface area contributed by atoms with Crippen molar-refractivity contribution in [3.05, 3.63) is 246 Å². The van der Waals surface area contributed by atoms with Crippen LogP contribution in [-0.2, 0) is 12.8 Å². The van der Waals surface area contributed by atoms with E-state index in [4.69, 9.17) is 13.2 Å². The first-order valence-electron chi connectivity index (χ1n) is 22.4. The number of fused-ring (bicyclic) bond motifs is 10. The van der Waals surface area contributed by atoms with Crippen molar-refractivity contribution in [1.29, 1.82) is 0 Å². The Balaban J connectivity index is 0.948. The average Bonchev–Trinajstić information content (AvgIpc) is 3.97. The van der Waals surface area contributed by atoms with Gasteiger partial charge in [-0.1, -0.05) is 153 Å². The van der Waals surface area contributed by atoms with Crippen LogP contribution in [0.4, 0.5) is 0 Å². The summed E-state index contributed by atoms with van der Waals surface area (Å²) >= 11 is 0. The standard InChI is InChI=1S/C60H51N3/c1-5-7-19-43-37-45-20-11-12-24-48(45)53(41(43)4)36-40(3)61(47-32-34-58-55(39-47)50-26-14-15-29-56(50)62(58)46-22-9-8-10-23-46)35-18-21-42(6-2)44-31-33-59-54(38-44)52-28-17-27-51-49-25-13-16-30-57(49)63(59)60(51)52/h5-6,8-18,20-35,37,44,47,53H,1-4,7,19,36,38-39H2. The van der Waals surface area contributed by atoms with Crippen molar-refractivity contribution in [3.63, 3.8) is 0 Å². The highest BCUT2D eigenvalue weighted by Gasteiger charge is 2.31. The predicted octanol–water partition coefficient (Wildman–Crippen LogP) is 15.0. The third-order valence-electron chi connectivity index (χ3n) is 13.9. The highest BCUT2D eigenvalue weighted by molar-refractivity contribution is 6.16.